The van der Waals surface area contributed by atoms with Crippen molar-refractivity contribution in [2.24, 2.45) is 5.73 Å². The van der Waals surface area contributed by atoms with E-state index in [9.17, 15) is 14.9 Å². The highest BCUT2D eigenvalue weighted by Gasteiger charge is 2.29. The molecular formula is C15H19BN4O4. The fraction of sp³-hybridized carbons (Fsp3) is 0.333. The van der Waals surface area contributed by atoms with Gasteiger partial charge in [0, 0.05) is 19.3 Å². The Morgan fingerprint density at radius 3 is 3.08 bits per heavy atom. The van der Waals surface area contributed by atoms with Crippen molar-refractivity contribution in [2.75, 3.05) is 18.4 Å². The van der Waals surface area contributed by atoms with Gasteiger partial charge in [0.05, 0.1) is 18.4 Å². The third-order valence-electron chi connectivity index (χ3n) is 3.89. The molecule has 0 aliphatic carbocycles. The van der Waals surface area contributed by atoms with Gasteiger partial charge in [0.1, 0.15) is 11.3 Å². The Hall–Kier alpha value is -2.52. The predicted molar refractivity (Wildman–Crippen MR) is 89.4 cm³/mol. The van der Waals surface area contributed by atoms with Crippen LogP contribution in [0.4, 0.5) is 5.69 Å². The van der Waals surface area contributed by atoms with Gasteiger partial charge in [-0.25, -0.2) is 4.79 Å². The van der Waals surface area contributed by atoms with Crippen LogP contribution in [0.25, 0.3) is 0 Å². The van der Waals surface area contributed by atoms with Crippen LogP contribution in [-0.4, -0.2) is 46.1 Å². The van der Waals surface area contributed by atoms with Crippen LogP contribution in [0.2, 0.25) is 6.32 Å². The van der Waals surface area contributed by atoms with E-state index in [1.54, 1.807) is 23.1 Å². The Labute approximate surface area is 139 Å². The van der Waals surface area contributed by atoms with Gasteiger partial charge >= 0.3 is 13.1 Å². The van der Waals surface area contributed by atoms with Gasteiger partial charge in [-0.15, -0.1) is 0 Å². The predicted octanol–water partition coefficient (Wildman–Crippen LogP) is 0.416. The quantitative estimate of drug-likeness (QED) is 0.566. The molecule has 2 aromatic rings. The van der Waals surface area contributed by atoms with Gasteiger partial charge in [-0.1, -0.05) is 12.1 Å². The molecule has 2 heterocycles. The molecule has 3 rings (SSSR count). The molecule has 24 heavy (non-hydrogen) atoms. The van der Waals surface area contributed by atoms with Crippen LogP contribution >= 0.6 is 0 Å². The number of hydrogen-bond donors (Lipinski definition) is 4. The number of aryl methyl sites for hydroxylation is 1. The molecular weight excluding hydrogens is 311 g/mol. The Kier molecular flexibility index (Phi) is 4.72. The van der Waals surface area contributed by atoms with E-state index in [2.05, 4.69) is 10.4 Å². The van der Waals surface area contributed by atoms with Crippen LogP contribution < -0.4 is 15.7 Å². The van der Waals surface area contributed by atoms with Crippen molar-refractivity contribution in [3.8, 4) is 5.75 Å². The average molecular weight is 330 g/mol. The molecule has 0 radical (unpaired) electrons. The first kappa shape index (κ1) is 16.3. The maximum absolute atomic E-state index is 11.7. The number of nitrogens with two attached hydrogens (primary N) is 1. The number of nitrogens with zero attached hydrogens (tertiary/aromatic N) is 2. The lowest BCUT2D eigenvalue weighted by Crippen LogP contribution is -2.28. The number of carbonyl (C=O) groups is 1. The summed E-state index contributed by atoms with van der Waals surface area (Å²) in [5.74, 6) is -0.822. The van der Waals surface area contributed by atoms with Gasteiger partial charge in [-0.3, -0.25) is 4.68 Å². The van der Waals surface area contributed by atoms with Gasteiger partial charge < -0.3 is 25.8 Å². The number of carboxylic acids is 1. The van der Waals surface area contributed by atoms with E-state index >= 15 is 0 Å². The number of carboxylic acid groups (broad SMARTS) is 1. The van der Waals surface area contributed by atoms with Crippen molar-refractivity contribution in [3.05, 3.63) is 41.2 Å². The Balaban J connectivity index is 1.89. The topological polar surface area (TPSA) is 123 Å². The van der Waals surface area contributed by atoms with Crippen LogP contribution in [0.3, 0.4) is 0 Å². The van der Waals surface area contributed by atoms with Gasteiger partial charge in [0.25, 0.3) is 0 Å². The number of nitrogens with one attached hydrogen (secondary N) is 1. The molecule has 0 fully saturated rings. The Morgan fingerprint density at radius 1 is 1.50 bits per heavy atom. The monoisotopic (exact) mass is 330 g/mol. The summed E-state index contributed by atoms with van der Waals surface area (Å²) >= 11 is 0. The minimum absolute atomic E-state index is 0.0817. The van der Waals surface area contributed by atoms with Crippen LogP contribution in [-0.2, 0) is 13.0 Å². The first-order valence-corrected chi connectivity index (χ1v) is 7.77. The van der Waals surface area contributed by atoms with Crippen LogP contribution in [0.5, 0.6) is 5.75 Å². The second kappa shape index (κ2) is 6.94. The third-order valence-corrected chi connectivity index (χ3v) is 3.89. The zero-order chi connectivity index (χ0) is 17.1. The molecule has 9 heteroatoms. The summed E-state index contributed by atoms with van der Waals surface area (Å²) in [5.41, 5.74) is 7.72. The van der Waals surface area contributed by atoms with Crippen molar-refractivity contribution in [3.63, 3.8) is 0 Å². The van der Waals surface area contributed by atoms with Gasteiger partial charge in [-0.2, -0.15) is 5.10 Å². The largest absolute Gasteiger partial charge is 0.535 e. The number of hydrogen-bond acceptors (Lipinski definition) is 6. The molecule has 0 saturated heterocycles. The molecule has 0 bridgehead atoms. The van der Waals surface area contributed by atoms with Crippen molar-refractivity contribution in [1.82, 2.24) is 9.78 Å². The van der Waals surface area contributed by atoms with E-state index in [4.69, 9.17) is 10.4 Å². The maximum Gasteiger partial charge on any atom is 0.522 e. The fourth-order valence-corrected chi connectivity index (χ4v) is 2.77. The highest BCUT2D eigenvalue weighted by Crippen LogP contribution is 2.33. The average Bonchev–Trinajstić information content (AvgIpc) is 2.99. The van der Waals surface area contributed by atoms with E-state index in [1.165, 1.54) is 0 Å². The summed E-state index contributed by atoms with van der Waals surface area (Å²) in [6, 6.07) is 3.62. The first-order chi connectivity index (χ1) is 11.6. The fourth-order valence-electron chi connectivity index (χ4n) is 2.77. The van der Waals surface area contributed by atoms with E-state index in [0.29, 0.717) is 37.9 Å². The number of benzene rings is 1. The molecule has 0 saturated carbocycles. The lowest BCUT2D eigenvalue weighted by Gasteiger charge is -2.23. The second-order valence-electron chi connectivity index (χ2n) is 5.65. The maximum atomic E-state index is 11.7. The highest BCUT2D eigenvalue weighted by molar-refractivity contribution is 6.44. The van der Waals surface area contributed by atoms with Crippen LogP contribution in [0, 0.1) is 0 Å². The van der Waals surface area contributed by atoms with Crippen molar-refractivity contribution < 1.29 is 19.6 Å². The normalized spacial score (nSPS) is 13.3. The van der Waals surface area contributed by atoms with Crippen molar-refractivity contribution >= 4 is 18.8 Å². The summed E-state index contributed by atoms with van der Waals surface area (Å²) in [7, 11) is -0.970. The molecule has 126 valence electrons. The zero-order valence-electron chi connectivity index (χ0n) is 13.1. The van der Waals surface area contributed by atoms with Crippen molar-refractivity contribution in [1.29, 1.82) is 0 Å². The molecule has 0 unspecified atom stereocenters. The molecule has 1 aromatic carbocycles. The number of rotatable bonds is 6. The zero-order valence-corrected chi connectivity index (χ0v) is 13.1. The smallest absolute Gasteiger partial charge is 0.522 e. The number of aromatic carboxylic acids is 1. The van der Waals surface area contributed by atoms with Crippen LogP contribution in [0.15, 0.2) is 24.5 Å². The summed E-state index contributed by atoms with van der Waals surface area (Å²) in [4.78, 5) is 11.7. The molecule has 1 aliphatic heterocycles. The van der Waals surface area contributed by atoms with Gasteiger partial charge in [0.2, 0.25) is 0 Å². The molecule has 1 aliphatic rings. The lowest BCUT2D eigenvalue weighted by atomic mass is 9.78. The van der Waals surface area contributed by atoms with Crippen LogP contribution in [0.1, 0.15) is 21.5 Å². The number of aromatic nitrogens is 2. The van der Waals surface area contributed by atoms with E-state index in [0.717, 1.165) is 11.3 Å². The first-order valence-electron chi connectivity index (χ1n) is 7.77. The number of anilines is 1. The highest BCUT2D eigenvalue weighted by atomic mass is 16.5. The molecule has 5 N–H and O–H groups in total. The molecule has 8 nitrogen and oxygen atoms in total. The molecule has 0 spiro atoms. The molecule has 0 amide bonds. The van der Waals surface area contributed by atoms with Gasteiger partial charge in [0.15, 0.2) is 0 Å². The minimum atomic E-state index is -1.08. The SMILES string of the molecule is NCCNc1cnn(Cc2ccc3c(c2C(=O)O)OB(O)CC3)c1. The Bertz CT molecular complexity index is 749. The van der Waals surface area contributed by atoms with E-state index in [-0.39, 0.29) is 11.3 Å². The Morgan fingerprint density at radius 2 is 2.33 bits per heavy atom. The van der Waals surface area contributed by atoms with E-state index in [1.807, 2.05) is 6.07 Å². The van der Waals surface area contributed by atoms with Gasteiger partial charge in [-0.05, 0) is 23.9 Å². The lowest BCUT2D eigenvalue weighted by molar-refractivity contribution is 0.0693. The summed E-state index contributed by atoms with van der Waals surface area (Å²) in [6.45, 7) is 1.44. The summed E-state index contributed by atoms with van der Waals surface area (Å²) in [6.07, 6.45) is 4.50. The minimum Gasteiger partial charge on any atom is -0.535 e. The number of fused-ring (bicyclic) bond motifs is 1. The second-order valence-corrected chi connectivity index (χ2v) is 5.65. The van der Waals surface area contributed by atoms with Crippen molar-refractivity contribution in [2.45, 2.75) is 19.3 Å². The standard InChI is InChI=1S/C15H19BN4O4/c17-5-6-18-12-7-19-20(9-12)8-11-2-1-10-3-4-16(23)24-14(10)13(11)15(21)22/h1-2,7,9,18,23H,3-6,8,17H2,(H,21,22). The summed E-state index contributed by atoms with van der Waals surface area (Å²) in [5, 5.41) is 26.6. The summed E-state index contributed by atoms with van der Waals surface area (Å²) < 4.78 is 7.02. The van der Waals surface area contributed by atoms with E-state index < -0.39 is 13.1 Å². The third kappa shape index (κ3) is 3.36. The molecule has 0 atom stereocenters. The molecule has 1 aromatic heterocycles.